The van der Waals surface area contributed by atoms with E-state index >= 15 is 0 Å². The van der Waals surface area contributed by atoms with Gasteiger partial charge in [-0.15, -0.1) is 0 Å². The Hall–Kier alpha value is -4.17. The Labute approximate surface area is 195 Å². The molecule has 3 N–H and O–H groups in total. The number of para-hydroxylation sites is 2. The number of anilines is 1. The third kappa shape index (κ3) is 3.70. The molecule has 0 amide bonds. The maximum absolute atomic E-state index is 11.3. The van der Waals surface area contributed by atoms with E-state index in [1.807, 2.05) is 58.1 Å². The Morgan fingerprint density at radius 3 is 2.42 bits per heavy atom. The molecular formula is C25H20N4O3S. The number of phenols is 1. The Bertz CT molecular complexity index is 1320. The molecule has 0 radical (unpaired) electrons. The third-order valence-corrected chi connectivity index (χ3v) is 6.03. The van der Waals surface area contributed by atoms with Crippen LogP contribution in [0.4, 0.5) is 5.69 Å². The molecule has 8 heteroatoms. The number of aromatic hydroxyl groups is 1. The number of hydrogen-bond acceptors (Lipinski definition) is 4. The molecule has 0 saturated carbocycles. The van der Waals surface area contributed by atoms with Crippen molar-refractivity contribution in [3.63, 3.8) is 0 Å². The lowest BCUT2D eigenvalue weighted by Gasteiger charge is -2.29. The van der Waals surface area contributed by atoms with Crippen molar-refractivity contribution in [2.45, 2.75) is 12.1 Å². The maximum atomic E-state index is 11.3. The van der Waals surface area contributed by atoms with Gasteiger partial charge in [0.1, 0.15) is 11.8 Å². The van der Waals surface area contributed by atoms with Gasteiger partial charge in [0.25, 0.3) is 0 Å². The number of carbonyl (C=O) groups is 1. The topological polar surface area (TPSA) is 90.6 Å². The van der Waals surface area contributed by atoms with Gasteiger partial charge < -0.3 is 25.0 Å². The quantitative estimate of drug-likeness (QED) is 0.382. The summed E-state index contributed by atoms with van der Waals surface area (Å²) in [7, 11) is 0. The molecule has 1 aliphatic heterocycles. The maximum Gasteiger partial charge on any atom is 0.335 e. The molecular weight excluding hydrogens is 436 g/mol. The minimum Gasteiger partial charge on any atom is -0.506 e. The van der Waals surface area contributed by atoms with E-state index in [2.05, 4.69) is 10.3 Å². The van der Waals surface area contributed by atoms with Gasteiger partial charge in [-0.3, -0.25) is 4.98 Å². The Morgan fingerprint density at radius 2 is 1.73 bits per heavy atom. The number of rotatable bonds is 5. The molecule has 5 rings (SSSR count). The minimum absolute atomic E-state index is 0.122. The molecule has 0 unspecified atom stereocenters. The lowest BCUT2D eigenvalue weighted by Crippen LogP contribution is -2.30. The summed E-state index contributed by atoms with van der Waals surface area (Å²) in [4.78, 5) is 17.7. The van der Waals surface area contributed by atoms with Crippen LogP contribution in [0.3, 0.4) is 0 Å². The summed E-state index contributed by atoms with van der Waals surface area (Å²) in [6.45, 7) is 0. The van der Waals surface area contributed by atoms with E-state index in [1.165, 1.54) is 0 Å². The average Bonchev–Trinajstić information content (AvgIpc) is 3.44. The lowest BCUT2D eigenvalue weighted by atomic mass is 10.0. The fraction of sp³-hybridized carbons (Fsp3) is 0.0800. The third-order valence-electron chi connectivity index (χ3n) is 5.72. The fourth-order valence-electron chi connectivity index (χ4n) is 4.22. The molecule has 3 heterocycles. The predicted octanol–water partition coefficient (Wildman–Crippen LogP) is 4.45. The van der Waals surface area contributed by atoms with Gasteiger partial charge in [-0.05, 0) is 72.9 Å². The highest BCUT2D eigenvalue weighted by Gasteiger charge is 2.42. The van der Waals surface area contributed by atoms with Gasteiger partial charge in [0.05, 0.1) is 23.0 Å². The van der Waals surface area contributed by atoms with Crippen LogP contribution in [0.5, 0.6) is 5.75 Å². The number of carboxylic acids is 1. The first-order chi connectivity index (χ1) is 16.0. The molecule has 7 nitrogen and oxygen atoms in total. The number of carboxylic acid groups (broad SMARTS) is 1. The summed E-state index contributed by atoms with van der Waals surface area (Å²) in [6, 6.07) is 22.8. The summed E-state index contributed by atoms with van der Waals surface area (Å²) >= 11 is 5.72. The second-order valence-electron chi connectivity index (χ2n) is 7.64. The highest BCUT2D eigenvalue weighted by atomic mass is 32.1. The van der Waals surface area contributed by atoms with Gasteiger partial charge >= 0.3 is 5.97 Å². The SMILES string of the molecule is O=C(O)c1ccc(-n2cccc2[C@H]2[C@@H](c3ccccn3)NC(=S)N2c2ccccc2O)cc1. The van der Waals surface area contributed by atoms with Crippen LogP contribution >= 0.6 is 12.2 Å². The van der Waals surface area contributed by atoms with Crippen LogP contribution in [0.15, 0.2) is 91.3 Å². The molecule has 1 fully saturated rings. The first kappa shape index (κ1) is 20.7. The van der Waals surface area contributed by atoms with Gasteiger partial charge in [0.2, 0.25) is 0 Å². The van der Waals surface area contributed by atoms with Crippen molar-refractivity contribution in [1.82, 2.24) is 14.9 Å². The van der Waals surface area contributed by atoms with Crippen LogP contribution in [0.25, 0.3) is 5.69 Å². The first-order valence-corrected chi connectivity index (χ1v) is 10.7. The summed E-state index contributed by atoms with van der Waals surface area (Å²) in [6.07, 6.45) is 3.66. The summed E-state index contributed by atoms with van der Waals surface area (Å²) in [5.74, 6) is -0.849. The molecule has 0 spiro atoms. The molecule has 4 aromatic rings. The standard InChI is InChI=1S/C25H20N4O3S/c30-21-9-2-1-7-19(21)29-23(22(27-25(29)33)18-6-3-4-14-26-18)20-8-5-15-28(20)17-12-10-16(11-13-17)24(31)32/h1-15,22-23,30H,(H,27,33)(H,31,32)/t22-,23+/m1/s1. The molecule has 1 saturated heterocycles. The van der Waals surface area contributed by atoms with E-state index in [4.69, 9.17) is 12.2 Å². The Morgan fingerprint density at radius 1 is 0.970 bits per heavy atom. The van der Waals surface area contributed by atoms with E-state index in [1.54, 1.807) is 42.6 Å². The molecule has 164 valence electrons. The number of aromatic nitrogens is 2. The number of phenolic OH excluding ortho intramolecular Hbond substituents is 1. The zero-order valence-corrected chi connectivity index (χ0v) is 18.2. The summed E-state index contributed by atoms with van der Waals surface area (Å²) < 4.78 is 1.99. The van der Waals surface area contributed by atoms with Crippen LogP contribution in [0, 0.1) is 0 Å². The van der Waals surface area contributed by atoms with Crippen molar-refractivity contribution in [3.8, 4) is 11.4 Å². The van der Waals surface area contributed by atoms with Crippen molar-refractivity contribution >= 4 is 29.0 Å². The van der Waals surface area contributed by atoms with Crippen LogP contribution in [0.1, 0.15) is 33.8 Å². The zero-order valence-electron chi connectivity index (χ0n) is 17.4. The van der Waals surface area contributed by atoms with E-state index < -0.39 is 5.97 Å². The second kappa shape index (κ2) is 8.40. The number of nitrogens with one attached hydrogen (secondary N) is 1. The smallest absolute Gasteiger partial charge is 0.335 e. The van der Waals surface area contributed by atoms with Crippen LogP contribution < -0.4 is 10.2 Å². The number of thiocarbonyl (C=S) groups is 1. The first-order valence-electron chi connectivity index (χ1n) is 10.3. The van der Waals surface area contributed by atoms with Gasteiger partial charge in [0, 0.05) is 23.8 Å². The molecule has 33 heavy (non-hydrogen) atoms. The van der Waals surface area contributed by atoms with Crippen LogP contribution in [-0.2, 0) is 0 Å². The molecule has 2 aromatic carbocycles. The van der Waals surface area contributed by atoms with E-state index in [-0.39, 0.29) is 23.4 Å². The second-order valence-corrected chi connectivity index (χ2v) is 8.03. The molecule has 2 atom stereocenters. The van der Waals surface area contributed by atoms with Gasteiger partial charge in [-0.25, -0.2) is 4.79 Å². The van der Waals surface area contributed by atoms with Crippen molar-refractivity contribution < 1.29 is 15.0 Å². The highest BCUT2D eigenvalue weighted by molar-refractivity contribution is 7.80. The van der Waals surface area contributed by atoms with Crippen molar-refractivity contribution in [3.05, 3.63) is 108 Å². The molecule has 0 aliphatic carbocycles. The summed E-state index contributed by atoms with van der Waals surface area (Å²) in [5.41, 5.74) is 3.35. The zero-order chi connectivity index (χ0) is 22.9. The minimum atomic E-state index is -0.972. The van der Waals surface area contributed by atoms with Crippen molar-refractivity contribution in [2.75, 3.05) is 4.90 Å². The largest absolute Gasteiger partial charge is 0.506 e. The number of aromatic carboxylic acids is 1. The molecule has 0 bridgehead atoms. The predicted molar refractivity (Wildman–Crippen MR) is 129 cm³/mol. The Balaban J connectivity index is 1.65. The summed E-state index contributed by atoms with van der Waals surface area (Å²) in [5, 5.41) is 23.7. The normalized spacial score (nSPS) is 17.7. The van der Waals surface area contributed by atoms with Gasteiger partial charge in [-0.1, -0.05) is 18.2 Å². The Kier molecular flexibility index (Phi) is 5.27. The van der Waals surface area contributed by atoms with Crippen molar-refractivity contribution in [2.24, 2.45) is 0 Å². The number of pyridine rings is 1. The lowest BCUT2D eigenvalue weighted by molar-refractivity contribution is 0.0697. The number of hydrogen-bond donors (Lipinski definition) is 3. The number of nitrogens with zero attached hydrogens (tertiary/aromatic N) is 3. The average molecular weight is 457 g/mol. The van der Waals surface area contributed by atoms with Crippen LogP contribution in [0.2, 0.25) is 0 Å². The number of benzene rings is 2. The van der Waals surface area contributed by atoms with Gasteiger partial charge in [-0.2, -0.15) is 0 Å². The van der Waals surface area contributed by atoms with Crippen molar-refractivity contribution in [1.29, 1.82) is 0 Å². The fourth-order valence-corrected chi connectivity index (χ4v) is 4.56. The van der Waals surface area contributed by atoms with E-state index in [0.717, 1.165) is 17.1 Å². The van der Waals surface area contributed by atoms with E-state index in [9.17, 15) is 15.0 Å². The monoisotopic (exact) mass is 456 g/mol. The highest BCUT2D eigenvalue weighted by Crippen LogP contribution is 2.44. The van der Waals surface area contributed by atoms with Gasteiger partial charge in [0.15, 0.2) is 5.11 Å². The molecule has 2 aromatic heterocycles. The van der Waals surface area contributed by atoms with E-state index in [0.29, 0.717) is 10.8 Å². The van der Waals surface area contributed by atoms with Crippen LogP contribution in [-0.4, -0.2) is 30.8 Å². The molecule has 1 aliphatic rings.